The highest BCUT2D eigenvalue weighted by atomic mass is 15.2. The van der Waals surface area contributed by atoms with Crippen LogP contribution in [0.4, 0.5) is 34.1 Å². The number of para-hydroxylation sites is 2. The lowest BCUT2D eigenvalue weighted by atomic mass is 9.33. The molecule has 0 aromatic heterocycles. The van der Waals surface area contributed by atoms with E-state index in [1.54, 1.807) is 0 Å². The van der Waals surface area contributed by atoms with Crippen molar-refractivity contribution in [1.29, 1.82) is 0 Å². The van der Waals surface area contributed by atoms with Gasteiger partial charge in [-0.15, -0.1) is 0 Å². The standard InChI is InChI=1S/C38H25BN2/c1-3-12-28-24-30(22-20-26(28)10-1)40-34-16-7-5-14-32(34)39-33-15-6-8-17-35(33)41(37-19-9-18-36(40)38(37)39)31-23-21-27-11-2-4-13-29(27)25-31/h1-25H. The zero-order chi connectivity index (χ0) is 26.9. The van der Waals surface area contributed by atoms with Crippen molar-refractivity contribution in [3.63, 3.8) is 0 Å². The van der Waals surface area contributed by atoms with E-state index < -0.39 is 0 Å². The molecule has 2 aliphatic heterocycles. The Morgan fingerprint density at radius 3 is 1.27 bits per heavy atom. The average molecular weight is 520 g/mol. The van der Waals surface area contributed by atoms with Crippen LogP contribution in [0.5, 0.6) is 0 Å². The largest absolute Gasteiger partial charge is 0.311 e. The van der Waals surface area contributed by atoms with Gasteiger partial charge in [-0.1, -0.05) is 103 Å². The SMILES string of the molecule is c1ccc2c(c1)B1c3ccccc3N(c3ccc4ccccc4c3)c3cccc(c31)N2c1ccc2ccccc2c1. The molecule has 0 atom stereocenters. The third-order valence-electron chi connectivity index (χ3n) is 8.79. The third-order valence-corrected chi connectivity index (χ3v) is 8.79. The van der Waals surface area contributed by atoms with Crippen molar-refractivity contribution in [3.05, 3.63) is 152 Å². The highest BCUT2D eigenvalue weighted by Crippen LogP contribution is 2.44. The van der Waals surface area contributed by atoms with Crippen LogP contribution in [0.2, 0.25) is 0 Å². The summed E-state index contributed by atoms with van der Waals surface area (Å²) < 4.78 is 0. The highest BCUT2D eigenvalue weighted by Gasteiger charge is 2.42. The van der Waals surface area contributed by atoms with Crippen LogP contribution in [-0.4, -0.2) is 6.71 Å². The maximum absolute atomic E-state index is 2.46. The Bertz CT molecular complexity index is 2000. The molecular formula is C38H25BN2. The summed E-state index contributed by atoms with van der Waals surface area (Å²) in [5, 5.41) is 5.01. The third kappa shape index (κ3) is 3.26. The lowest BCUT2D eigenvalue weighted by Gasteiger charge is -2.44. The second-order valence-electron chi connectivity index (χ2n) is 11.0. The summed E-state index contributed by atoms with van der Waals surface area (Å²) in [5.41, 5.74) is 11.4. The quantitative estimate of drug-likeness (QED) is 0.213. The lowest BCUT2D eigenvalue weighted by molar-refractivity contribution is 1.26. The van der Waals surface area contributed by atoms with Crippen molar-refractivity contribution in [2.24, 2.45) is 0 Å². The van der Waals surface area contributed by atoms with E-state index in [2.05, 4.69) is 161 Å². The topological polar surface area (TPSA) is 6.48 Å². The molecule has 0 radical (unpaired) electrons. The normalized spacial score (nSPS) is 13.2. The molecule has 0 amide bonds. The zero-order valence-corrected chi connectivity index (χ0v) is 22.4. The Kier molecular flexibility index (Phi) is 4.73. The molecule has 3 heteroatoms. The molecule has 0 spiro atoms. The molecule has 9 rings (SSSR count). The van der Waals surface area contributed by atoms with Crippen molar-refractivity contribution in [2.75, 3.05) is 9.80 Å². The van der Waals surface area contributed by atoms with E-state index in [4.69, 9.17) is 0 Å². The number of benzene rings is 7. The molecule has 0 saturated heterocycles. The van der Waals surface area contributed by atoms with Crippen molar-refractivity contribution >= 4 is 78.8 Å². The van der Waals surface area contributed by atoms with Crippen LogP contribution in [0.1, 0.15) is 0 Å². The van der Waals surface area contributed by atoms with E-state index in [1.165, 1.54) is 72.1 Å². The molecule has 7 aromatic carbocycles. The van der Waals surface area contributed by atoms with Gasteiger partial charge in [0.05, 0.1) is 0 Å². The molecule has 0 unspecified atom stereocenters. The number of fused-ring (bicyclic) bond motifs is 6. The second kappa shape index (κ2) is 8.61. The fourth-order valence-corrected chi connectivity index (χ4v) is 7.02. The van der Waals surface area contributed by atoms with Crippen molar-refractivity contribution in [2.45, 2.75) is 0 Å². The molecule has 2 nitrogen and oxygen atoms in total. The molecule has 41 heavy (non-hydrogen) atoms. The van der Waals surface area contributed by atoms with Gasteiger partial charge in [-0.2, -0.15) is 0 Å². The molecule has 0 bridgehead atoms. The average Bonchev–Trinajstić information content (AvgIpc) is 3.04. The van der Waals surface area contributed by atoms with E-state index in [1.807, 2.05) is 0 Å². The summed E-state index contributed by atoms with van der Waals surface area (Å²) in [6.07, 6.45) is 0. The molecule has 7 aromatic rings. The molecular weight excluding hydrogens is 495 g/mol. The first kappa shape index (κ1) is 22.5. The lowest BCUT2D eigenvalue weighted by Crippen LogP contribution is -2.61. The highest BCUT2D eigenvalue weighted by molar-refractivity contribution is 7.00. The Morgan fingerprint density at radius 1 is 0.341 bits per heavy atom. The fraction of sp³-hybridized carbons (Fsp3) is 0. The van der Waals surface area contributed by atoms with E-state index >= 15 is 0 Å². The summed E-state index contributed by atoms with van der Waals surface area (Å²) >= 11 is 0. The number of hydrogen-bond acceptors (Lipinski definition) is 2. The van der Waals surface area contributed by atoms with Crippen molar-refractivity contribution in [1.82, 2.24) is 0 Å². The minimum Gasteiger partial charge on any atom is -0.311 e. The van der Waals surface area contributed by atoms with E-state index in [0.29, 0.717) is 0 Å². The van der Waals surface area contributed by atoms with Crippen LogP contribution in [0.15, 0.2) is 152 Å². The van der Waals surface area contributed by atoms with Gasteiger partial charge in [0.25, 0.3) is 6.71 Å². The van der Waals surface area contributed by atoms with Crippen LogP contribution < -0.4 is 26.2 Å². The Labute approximate surface area is 239 Å². The molecule has 2 aliphatic rings. The van der Waals surface area contributed by atoms with E-state index in [-0.39, 0.29) is 6.71 Å². The summed E-state index contributed by atoms with van der Waals surface area (Å²) in [5.74, 6) is 0. The molecule has 0 N–H and O–H groups in total. The fourth-order valence-electron chi connectivity index (χ4n) is 7.02. The minimum absolute atomic E-state index is 0.155. The predicted octanol–water partition coefficient (Wildman–Crippen LogP) is 8.08. The van der Waals surface area contributed by atoms with Crippen LogP contribution >= 0.6 is 0 Å². The first-order valence-corrected chi connectivity index (χ1v) is 14.2. The zero-order valence-electron chi connectivity index (χ0n) is 22.4. The van der Waals surface area contributed by atoms with E-state index in [9.17, 15) is 0 Å². The predicted molar refractivity (Wildman–Crippen MR) is 175 cm³/mol. The smallest absolute Gasteiger partial charge is 0.252 e. The monoisotopic (exact) mass is 520 g/mol. The molecule has 0 saturated carbocycles. The Hall–Kier alpha value is -5.28. The van der Waals surface area contributed by atoms with Gasteiger partial charge >= 0.3 is 0 Å². The number of rotatable bonds is 2. The minimum atomic E-state index is 0.155. The van der Waals surface area contributed by atoms with Gasteiger partial charge in [0.1, 0.15) is 0 Å². The molecule has 2 heterocycles. The summed E-state index contributed by atoms with van der Waals surface area (Å²) in [4.78, 5) is 4.92. The summed E-state index contributed by atoms with van der Waals surface area (Å²) in [6, 6.07) is 55.6. The van der Waals surface area contributed by atoms with Crippen LogP contribution in [0, 0.1) is 0 Å². The van der Waals surface area contributed by atoms with Gasteiger partial charge in [0, 0.05) is 34.1 Å². The first-order valence-electron chi connectivity index (χ1n) is 14.2. The van der Waals surface area contributed by atoms with Crippen molar-refractivity contribution < 1.29 is 0 Å². The molecule has 190 valence electrons. The van der Waals surface area contributed by atoms with Crippen LogP contribution in [0.25, 0.3) is 21.5 Å². The Balaban J connectivity index is 1.33. The van der Waals surface area contributed by atoms with Gasteiger partial charge in [0.2, 0.25) is 0 Å². The Morgan fingerprint density at radius 2 is 0.756 bits per heavy atom. The van der Waals surface area contributed by atoms with Gasteiger partial charge < -0.3 is 9.80 Å². The molecule has 0 aliphatic carbocycles. The van der Waals surface area contributed by atoms with Crippen LogP contribution in [-0.2, 0) is 0 Å². The number of anilines is 6. The summed E-state index contributed by atoms with van der Waals surface area (Å²) in [7, 11) is 0. The number of nitrogens with zero attached hydrogens (tertiary/aromatic N) is 2. The number of hydrogen-bond donors (Lipinski definition) is 0. The maximum atomic E-state index is 2.46. The van der Waals surface area contributed by atoms with E-state index in [0.717, 1.165) is 0 Å². The van der Waals surface area contributed by atoms with Crippen molar-refractivity contribution in [3.8, 4) is 0 Å². The first-order chi connectivity index (χ1) is 20.3. The van der Waals surface area contributed by atoms with Gasteiger partial charge in [-0.05, 0) is 86.5 Å². The molecule has 0 fully saturated rings. The maximum Gasteiger partial charge on any atom is 0.252 e. The van der Waals surface area contributed by atoms with Gasteiger partial charge in [-0.25, -0.2) is 0 Å². The second-order valence-corrected chi connectivity index (χ2v) is 11.0. The van der Waals surface area contributed by atoms with Crippen LogP contribution in [0.3, 0.4) is 0 Å². The summed E-state index contributed by atoms with van der Waals surface area (Å²) in [6.45, 7) is 0.155. The van der Waals surface area contributed by atoms with Gasteiger partial charge in [0.15, 0.2) is 0 Å². The van der Waals surface area contributed by atoms with Gasteiger partial charge in [-0.3, -0.25) is 0 Å².